The summed E-state index contributed by atoms with van der Waals surface area (Å²) < 4.78 is 17.8. The number of nitrogens with zero attached hydrogens (tertiary/aromatic N) is 4. The number of hydrogen-bond acceptors (Lipinski definition) is 8. The Bertz CT molecular complexity index is 916. The van der Waals surface area contributed by atoms with Crippen LogP contribution in [0.1, 0.15) is 38.3 Å². The number of aromatic nitrogens is 3. The quantitative estimate of drug-likeness (QED) is 0.793. The summed E-state index contributed by atoms with van der Waals surface area (Å²) in [7, 11) is 0. The van der Waals surface area contributed by atoms with E-state index in [0.717, 1.165) is 12.8 Å². The smallest absolute Gasteiger partial charge is 0.434 e. The molecule has 4 rings (SSSR count). The maximum absolute atomic E-state index is 11.7. The third kappa shape index (κ3) is 3.28. The van der Waals surface area contributed by atoms with Gasteiger partial charge in [0.1, 0.15) is 31.1 Å². The fourth-order valence-electron chi connectivity index (χ4n) is 3.26. The van der Waals surface area contributed by atoms with E-state index >= 15 is 0 Å². The molecular weight excluding hydrogens is 350 g/mol. The van der Waals surface area contributed by atoms with E-state index in [-0.39, 0.29) is 12.0 Å². The molecule has 0 radical (unpaired) electrons. The first kappa shape index (κ1) is 17.5. The van der Waals surface area contributed by atoms with Gasteiger partial charge in [0.25, 0.3) is 0 Å². The number of ether oxygens (including phenoxy) is 3. The standard InChI is InChI=1S/C18H21N5O4/c1-17(6-7-17)10-26-16(24)25-8-12-4-5-18(9-19,27-12)14-3-2-13-15(20)21-11-22-23(13)14/h2-3,11-12H,4-8,10H2,1H3,(H2,20,21,22)/t12-,18-/m0/s1. The van der Waals surface area contributed by atoms with Crippen molar-refractivity contribution in [3.05, 3.63) is 24.2 Å². The van der Waals surface area contributed by atoms with Crippen LogP contribution in [0.2, 0.25) is 0 Å². The highest BCUT2D eigenvalue weighted by molar-refractivity contribution is 5.66. The molecule has 1 aliphatic heterocycles. The molecule has 0 aromatic carbocycles. The number of carbonyl (C=O) groups excluding carboxylic acids is 1. The van der Waals surface area contributed by atoms with Crippen LogP contribution in [0.15, 0.2) is 18.5 Å². The molecule has 0 unspecified atom stereocenters. The summed E-state index contributed by atoms with van der Waals surface area (Å²) in [6.07, 6.45) is 3.41. The number of nitrogen functional groups attached to an aromatic ring is 1. The van der Waals surface area contributed by atoms with E-state index in [1.165, 1.54) is 6.33 Å². The normalized spacial score (nSPS) is 25.9. The van der Waals surface area contributed by atoms with Crippen LogP contribution in [-0.4, -0.2) is 40.1 Å². The second-order valence-corrected chi connectivity index (χ2v) is 7.54. The zero-order valence-corrected chi connectivity index (χ0v) is 15.1. The van der Waals surface area contributed by atoms with Crippen molar-refractivity contribution >= 4 is 17.5 Å². The molecule has 2 aromatic heterocycles. The molecule has 2 aromatic rings. The van der Waals surface area contributed by atoms with Crippen molar-refractivity contribution in [3.8, 4) is 6.07 Å². The van der Waals surface area contributed by atoms with E-state index in [1.807, 2.05) is 0 Å². The first-order valence-corrected chi connectivity index (χ1v) is 8.92. The zero-order chi connectivity index (χ0) is 19.1. The molecule has 0 amide bonds. The minimum atomic E-state index is -1.17. The molecule has 27 heavy (non-hydrogen) atoms. The monoisotopic (exact) mass is 371 g/mol. The van der Waals surface area contributed by atoms with Gasteiger partial charge in [0.2, 0.25) is 0 Å². The molecule has 9 heteroatoms. The largest absolute Gasteiger partial charge is 0.508 e. The minimum absolute atomic E-state index is 0.0411. The Hall–Kier alpha value is -2.86. The van der Waals surface area contributed by atoms with E-state index in [2.05, 4.69) is 23.1 Å². The van der Waals surface area contributed by atoms with Crippen molar-refractivity contribution in [3.63, 3.8) is 0 Å². The highest BCUT2D eigenvalue weighted by Crippen LogP contribution is 2.45. The molecule has 0 spiro atoms. The van der Waals surface area contributed by atoms with Crippen LogP contribution < -0.4 is 5.73 Å². The number of anilines is 1. The maximum Gasteiger partial charge on any atom is 0.508 e. The van der Waals surface area contributed by atoms with E-state index < -0.39 is 17.9 Å². The van der Waals surface area contributed by atoms with Crippen LogP contribution in [0.3, 0.4) is 0 Å². The van der Waals surface area contributed by atoms with E-state index in [9.17, 15) is 10.1 Å². The lowest BCUT2D eigenvalue weighted by atomic mass is 9.98. The van der Waals surface area contributed by atoms with Gasteiger partial charge in [-0.3, -0.25) is 0 Å². The lowest BCUT2D eigenvalue weighted by Crippen LogP contribution is -2.29. The van der Waals surface area contributed by atoms with Gasteiger partial charge >= 0.3 is 6.16 Å². The molecule has 2 N–H and O–H groups in total. The van der Waals surface area contributed by atoms with Crippen LogP contribution in [0.5, 0.6) is 0 Å². The summed E-state index contributed by atoms with van der Waals surface area (Å²) in [5.41, 5.74) is 5.99. The lowest BCUT2D eigenvalue weighted by Gasteiger charge is -2.21. The summed E-state index contributed by atoms with van der Waals surface area (Å²) in [6.45, 7) is 2.48. The van der Waals surface area contributed by atoms with Crippen molar-refractivity contribution in [2.24, 2.45) is 5.41 Å². The van der Waals surface area contributed by atoms with Crippen molar-refractivity contribution < 1.29 is 19.0 Å². The molecule has 1 saturated heterocycles. The molecule has 9 nitrogen and oxygen atoms in total. The van der Waals surface area contributed by atoms with Gasteiger partial charge in [0, 0.05) is 5.41 Å². The van der Waals surface area contributed by atoms with Gasteiger partial charge < -0.3 is 19.9 Å². The third-order valence-corrected chi connectivity index (χ3v) is 5.29. The average Bonchev–Trinajstić information content (AvgIpc) is 3.08. The molecule has 1 aliphatic carbocycles. The predicted octanol–water partition coefficient (Wildman–Crippen LogP) is 2.16. The number of nitrogens with two attached hydrogens (primary N) is 1. The van der Waals surface area contributed by atoms with Gasteiger partial charge in [-0.1, -0.05) is 6.92 Å². The fourth-order valence-corrected chi connectivity index (χ4v) is 3.26. The molecule has 1 saturated carbocycles. The Morgan fingerprint density at radius 2 is 2.26 bits per heavy atom. The number of hydrogen-bond donors (Lipinski definition) is 1. The Morgan fingerprint density at radius 3 is 3.00 bits per heavy atom. The van der Waals surface area contributed by atoms with Crippen LogP contribution in [0.25, 0.3) is 5.52 Å². The topological polar surface area (TPSA) is 125 Å². The molecule has 2 fully saturated rings. The van der Waals surface area contributed by atoms with Crippen LogP contribution in [0.4, 0.5) is 10.6 Å². The summed E-state index contributed by atoms with van der Waals surface area (Å²) in [6, 6.07) is 5.76. The zero-order valence-electron chi connectivity index (χ0n) is 15.1. The summed E-state index contributed by atoms with van der Waals surface area (Å²) >= 11 is 0. The molecule has 2 aliphatic rings. The average molecular weight is 371 g/mol. The highest BCUT2D eigenvalue weighted by Gasteiger charge is 2.45. The van der Waals surface area contributed by atoms with Crippen molar-refractivity contribution in [2.75, 3.05) is 18.9 Å². The molecule has 142 valence electrons. The second kappa shape index (κ2) is 6.39. The molecule has 2 atom stereocenters. The first-order chi connectivity index (χ1) is 12.9. The Kier molecular flexibility index (Phi) is 4.15. The highest BCUT2D eigenvalue weighted by atomic mass is 16.7. The first-order valence-electron chi connectivity index (χ1n) is 8.92. The molecule has 0 bridgehead atoms. The third-order valence-electron chi connectivity index (χ3n) is 5.29. The number of fused-ring (bicyclic) bond motifs is 1. The van der Waals surface area contributed by atoms with Gasteiger partial charge in [0.05, 0.1) is 11.8 Å². The SMILES string of the molecule is CC1(COC(=O)OC[C@@H]2CC[C@](C#N)(c3ccc4c(N)ncnn34)O2)CC1. The van der Waals surface area contributed by atoms with Gasteiger partial charge in [-0.15, -0.1) is 0 Å². The Labute approximate surface area is 156 Å². The number of rotatable bonds is 5. The minimum Gasteiger partial charge on any atom is -0.434 e. The lowest BCUT2D eigenvalue weighted by molar-refractivity contribution is -0.0477. The number of nitriles is 1. The van der Waals surface area contributed by atoms with E-state index in [4.69, 9.17) is 19.9 Å². The van der Waals surface area contributed by atoms with Crippen molar-refractivity contribution in [2.45, 2.75) is 44.3 Å². The molecular formula is C18H21N5O4. The predicted molar refractivity (Wildman–Crippen MR) is 93.4 cm³/mol. The van der Waals surface area contributed by atoms with Crippen LogP contribution in [0, 0.1) is 16.7 Å². The molecule has 3 heterocycles. The van der Waals surface area contributed by atoms with E-state index in [0.29, 0.717) is 36.5 Å². The maximum atomic E-state index is 11.7. The summed E-state index contributed by atoms with van der Waals surface area (Å²) in [5, 5.41) is 14.0. The van der Waals surface area contributed by atoms with Gasteiger partial charge in [0.15, 0.2) is 11.4 Å². The number of carbonyl (C=O) groups is 1. The van der Waals surface area contributed by atoms with Crippen LogP contribution in [-0.2, 0) is 19.8 Å². The van der Waals surface area contributed by atoms with Gasteiger partial charge in [-0.05, 0) is 37.8 Å². The fraction of sp³-hybridized carbons (Fsp3) is 0.556. The Morgan fingerprint density at radius 1 is 1.44 bits per heavy atom. The second-order valence-electron chi connectivity index (χ2n) is 7.54. The summed E-state index contributed by atoms with van der Waals surface area (Å²) in [5.74, 6) is 0.328. The summed E-state index contributed by atoms with van der Waals surface area (Å²) in [4.78, 5) is 15.7. The van der Waals surface area contributed by atoms with Gasteiger partial charge in [-0.25, -0.2) is 14.3 Å². The van der Waals surface area contributed by atoms with Crippen LogP contribution >= 0.6 is 0 Å². The Balaban J connectivity index is 1.41. The van der Waals surface area contributed by atoms with Crippen molar-refractivity contribution in [1.29, 1.82) is 5.26 Å². The van der Waals surface area contributed by atoms with Crippen molar-refractivity contribution in [1.82, 2.24) is 14.6 Å². The van der Waals surface area contributed by atoms with Gasteiger partial charge in [-0.2, -0.15) is 10.4 Å². The van der Waals surface area contributed by atoms with E-state index in [1.54, 1.807) is 16.6 Å².